The number of carboxylic acid groups (broad SMARTS) is 3. The van der Waals surface area contributed by atoms with Gasteiger partial charge in [0.25, 0.3) is 17.9 Å². The largest absolute Gasteiger partial charge is 0.481 e. The fourth-order valence-electron chi connectivity index (χ4n) is 0. The monoisotopic (exact) mass is 423 g/mol. The Labute approximate surface area is 144 Å². The predicted molar refractivity (Wildman–Crippen MR) is 58.0 cm³/mol. The van der Waals surface area contributed by atoms with Crippen LogP contribution in [0.25, 0.3) is 0 Å². The zero-order valence-corrected chi connectivity index (χ0v) is 12.4. The zero-order valence-electron chi connectivity index (χ0n) is 9.94. The van der Waals surface area contributed by atoms with Gasteiger partial charge in [0.2, 0.25) is 0 Å². The molecule has 0 unspecified atom stereocenters. The summed E-state index contributed by atoms with van der Waals surface area (Å²) in [7, 11) is 0. The average Bonchev–Trinajstić information content (AvgIpc) is 1.54. The maximum atomic E-state index is 9.00. The molecule has 0 aliphatic heterocycles. The Balaban J connectivity index is -0.00000000827. The summed E-state index contributed by atoms with van der Waals surface area (Å²) in [5, 5.41) is 22.2. The van der Waals surface area contributed by atoms with Crippen molar-refractivity contribution in [2.75, 3.05) is 0 Å². The Kier molecular flexibility index (Phi) is 195. The third-order valence-electron chi connectivity index (χ3n) is 0. The van der Waals surface area contributed by atoms with Crippen LogP contribution in [0.5, 0.6) is 0 Å². The molecule has 0 atom stereocenters. The molecule has 0 heterocycles. The molecule has 0 aromatic carbocycles. The molecule has 0 aliphatic rings. The van der Waals surface area contributed by atoms with Crippen molar-refractivity contribution in [2.45, 2.75) is 20.8 Å². The van der Waals surface area contributed by atoms with E-state index in [9.17, 15) is 0 Å². The van der Waals surface area contributed by atoms with Gasteiger partial charge in [-0.15, -0.1) is 0 Å². The number of carboxylic acids is 3. The van der Waals surface area contributed by atoms with Gasteiger partial charge in [0, 0.05) is 70.1 Å². The van der Waals surface area contributed by atoms with Crippen molar-refractivity contribution in [1.29, 1.82) is 0 Å². The molecule has 0 rings (SSSR count). The Morgan fingerprint density at radius 3 is 0.556 bits per heavy atom. The minimum atomic E-state index is -0.833. The number of hydrogen-bond donors (Lipinski definition) is 3. The second-order valence-corrected chi connectivity index (χ2v) is 1.56. The molecule has 0 aromatic heterocycles. The maximum Gasteiger partial charge on any atom is 0.300 e. The molecule has 0 amide bonds. The Bertz CT molecular complexity index is 119. The van der Waals surface area contributed by atoms with Crippen LogP contribution in [0.1, 0.15) is 20.8 Å². The maximum absolute atomic E-state index is 9.00. The van der Waals surface area contributed by atoms with E-state index in [1.54, 1.807) is 0 Å². The van der Waals surface area contributed by atoms with Crippen LogP contribution in [0.15, 0.2) is 0 Å². The van der Waals surface area contributed by atoms with Gasteiger partial charge in [-0.05, 0) is 0 Å². The summed E-state index contributed by atoms with van der Waals surface area (Å²) in [6.45, 7) is 3.25. The molecule has 0 fully saturated rings. The Morgan fingerprint density at radius 2 is 0.556 bits per heavy atom. The fourth-order valence-corrected chi connectivity index (χ4v) is 0. The van der Waals surface area contributed by atoms with E-state index >= 15 is 0 Å². The molecule has 0 saturated heterocycles. The van der Waals surface area contributed by atoms with E-state index in [0.29, 0.717) is 0 Å². The topological polar surface area (TPSA) is 269 Å². The summed E-state index contributed by atoms with van der Waals surface area (Å²) in [5.74, 6) is -2.50. The predicted octanol–water partition coefficient (Wildman–Crippen LogP) is -3.85. The van der Waals surface area contributed by atoms with Gasteiger partial charge in [-0.25, -0.2) is 0 Å². The first-order valence-corrected chi connectivity index (χ1v) is 2.78. The first kappa shape index (κ1) is 64.9. The van der Waals surface area contributed by atoms with Crippen molar-refractivity contribution in [1.82, 2.24) is 0 Å². The van der Waals surface area contributed by atoms with Crippen molar-refractivity contribution in [2.24, 2.45) is 0 Å². The molecule has 0 spiro atoms. The van der Waals surface area contributed by atoms with E-state index in [4.69, 9.17) is 29.7 Å². The molecule has 12 heteroatoms. The SMILES string of the molecule is CC(=O)O.CC(=O)O.CC(=O)O.O.O.O.O.O.[Eu]. The summed E-state index contributed by atoms with van der Waals surface area (Å²) in [5.41, 5.74) is 0. The van der Waals surface area contributed by atoms with Gasteiger partial charge in [-0.2, -0.15) is 0 Å². The number of aliphatic carboxylic acids is 3. The number of hydrogen-bond acceptors (Lipinski definition) is 3. The molecule has 0 aromatic rings. The van der Waals surface area contributed by atoms with Crippen LogP contribution in [-0.4, -0.2) is 60.6 Å². The second kappa shape index (κ2) is 54.2. The van der Waals surface area contributed by atoms with Crippen LogP contribution >= 0.6 is 0 Å². The molecule has 0 aliphatic carbocycles. The number of carbonyl (C=O) groups is 3. The summed E-state index contributed by atoms with van der Waals surface area (Å²) in [4.78, 5) is 27.0. The van der Waals surface area contributed by atoms with Crippen LogP contribution in [-0.2, 0) is 14.4 Å². The molecule has 18 heavy (non-hydrogen) atoms. The fraction of sp³-hybridized carbons (Fsp3) is 0.500. The molecule has 119 valence electrons. The standard InChI is InChI=1S/3C2H4O2.Eu.5H2O/c3*1-2(3)4;;;;;;/h3*1H3,(H,3,4);;5*1H2. The van der Waals surface area contributed by atoms with Crippen LogP contribution in [0.3, 0.4) is 0 Å². The van der Waals surface area contributed by atoms with Gasteiger partial charge in [0.1, 0.15) is 0 Å². The van der Waals surface area contributed by atoms with Crippen LogP contribution in [0, 0.1) is 49.4 Å². The molecule has 11 nitrogen and oxygen atoms in total. The van der Waals surface area contributed by atoms with Crippen molar-refractivity contribution >= 4 is 17.9 Å². The summed E-state index contributed by atoms with van der Waals surface area (Å²) in [6, 6.07) is 0. The summed E-state index contributed by atoms with van der Waals surface area (Å²) in [6.07, 6.45) is 0. The molecular formula is C6H22EuO11. The Morgan fingerprint density at radius 1 is 0.556 bits per heavy atom. The van der Waals surface area contributed by atoms with Crippen LogP contribution < -0.4 is 0 Å². The van der Waals surface area contributed by atoms with Gasteiger partial charge in [-0.1, -0.05) is 0 Å². The third-order valence-corrected chi connectivity index (χ3v) is 0. The van der Waals surface area contributed by atoms with E-state index in [1.807, 2.05) is 0 Å². The summed E-state index contributed by atoms with van der Waals surface area (Å²) < 4.78 is 0. The first-order valence-electron chi connectivity index (χ1n) is 2.78. The van der Waals surface area contributed by atoms with E-state index in [1.165, 1.54) is 0 Å². The molecule has 13 N–H and O–H groups in total. The summed E-state index contributed by atoms with van der Waals surface area (Å²) >= 11 is 0. The van der Waals surface area contributed by atoms with Crippen molar-refractivity contribution < 1.29 is 106 Å². The van der Waals surface area contributed by atoms with Gasteiger partial charge in [0.15, 0.2) is 0 Å². The zero-order chi connectivity index (χ0) is 10.7. The minimum absolute atomic E-state index is 0. The first-order chi connectivity index (χ1) is 5.20. The smallest absolute Gasteiger partial charge is 0.300 e. The second-order valence-electron chi connectivity index (χ2n) is 1.56. The quantitative estimate of drug-likeness (QED) is 0.351. The average molecular weight is 422 g/mol. The molecule has 1 radical (unpaired) electrons. The van der Waals surface area contributed by atoms with Gasteiger partial charge in [-0.3, -0.25) is 14.4 Å². The van der Waals surface area contributed by atoms with Gasteiger partial charge in [0.05, 0.1) is 0 Å². The van der Waals surface area contributed by atoms with E-state index in [-0.39, 0.29) is 76.8 Å². The van der Waals surface area contributed by atoms with Gasteiger partial charge >= 0.3 is 0 Å². The van der Waals surface area contributed by atoms with Crippen molar-refractivity contribution in [3.8, 4) is 0 Å². The molecular weight excluding hydrogens is 400 g/mol. The van der Waals surface area contributed by atoms with Crippen molar-refractivity contribution in [3.63, 3.8) is 0 Å². The number of rotatable bonds is 0. The molecule has 0 bridgehead atoms. The van der Waals surface area contributed by atoms with Crippen molar-refractivity contribution in [3.05, 3.63) is 0 Å². The van der Waals surface area contributed by atoms with E-state index in [0.717, 1.165) is 20.8 Å². The van der Waals surface area contributed by atoms with E-state index < -0.39 is 17.9 Å². The van der Waals surface area contributed by atoms with Gasteiger partial charge < -0.3 is 42.7 Å². The minimum Gasteiger partial charge on any atom is -0.481 e. The molecule has 0 saturated carbocycles. The van der Waals surface area contributed by atoms with E-state index in [2.05, 4.69) is 0 Å². The van der Waals surface area contributed by atoms with Crippen LogP contribution in [0.2, 0.25) is 0 Å². The normalized spacial score (nSPS) is 4.17. The van der Waals surface area contributed by atoms with Crippen LogP contribution in [0.4, 0.5) is 0 Å². The third kappa shape index (κ3) is 81800. The Hall–Kier alpha value is -0.206.